The molecule has 0 radical (unpaired) electrons. The van der Waals surface area contributed by atoms with Crippen molar-refractivity contribution in [1.82, 2.24) is 9.97 Å². The van der Waals surface area contributed by atoms with Gasteiger partial charge in [-0.15, -0.1) is 0 Å². The molecule has 1 aliphatic carbocycles. The molecule has 1 aromatic rings. The summed E-state index contributed by atoms with van der Waals surface area (Å²) in [6.45, 7) is 0. The zero-order valence-electron chi connectivity index (χ0n) is 7.81. The molecule has 0 aliphatic heterocycles. The number of aliphatic carboxylic acids is 1. The van der Waals surface area contributed by atoms with Crippen molar-refractivity contribution >= 4 is 5.97 Å². The molecule has 4 nitrogen and oxygen atoms in total. The number of rotatable bonds is 2. The number of nitrogens with zero attached hydrogens (tertiary/aromatic N) is 2. The summed E-state index contributed by atoms with van der Waals surface area (Å²) in [5, 5.41) is 8.68. The first-order chi connectivity index (χ1) is 6.75. The fraction of sp³-hybridized carbons (Fsp3) is 0.500. The first-order valence-corrected chi connectivity index (χ1v) is 4.75. The number of fused-ring (bicyclic) bond motifs is 1. The minimum atomic E-state index is -0.713. The van der Waals surface area contributed by atoms with Gasteiger partial charge in [-0.25, -0.2) is 9.97 Å². The molecule has 1 heterocycles. The Morgan fingerprint density at radius 1 is 1.64 bits per heavy atom. The van der Waals surface area contributed by atoms with E-state index < -0.39 is 5.97 Å². The topological polar surface area (TPSA) is 63.1 Å². The second kappa shape index (κ2) is 3.74. The zero-order chi connectivity index (χ0) is 9.97. The van der Waals surface area contributed by atoms with Gasteiger partial charge >= 0.3 is 5.97 Å². The van der Waals surface area contributed by atoms with Crippen LogP contribution >= 0.6 is 0 Å². The van der Waals surface area contributed by atoms with E-state index in [0.29, 0.717) is 0 Å². The maximum atomic E-state index is 10.5. The Bertz CT molecular complexity index is 352. The molecule has 0 saturated carbocycles. The first-order valence-electron chi connectivity index (χ1n) is 4.75. The fourth-order valence-corrected chi connectivity index (χ4v) is 1.95. The monoisotopic (exact) mass is 192 g/mol. The highest BCUT2D eigenvalue weighted by Gasteiger charge is 2.21. The Kier molecular flexibility index (Phi) is 2.43. The van der Waals surface area contributed by atoms with Gasteiger partial charge in [-0.2, -0.15) is 0 Å². The van der Waals surface area contributed by atoms with Gasteiger partial charge in [-0.3, -0.25) is 4.79 Å². The Morgan fingerprint density at radius 2 is 2.50 bits per heavy atom. The van der Waals surface area contributed by atoms with E-state index in [1.807, 2.05) is 0 Å². The molecular weight excluding hydrogens is 180 g/mol. The van der Waals surface area contributed by atoms with Crippen molar-refractivity contribution in [1.29, 1.82) is 0 Å². The summed E-state index contributed by atoms with van der Waals surface area (Å²) in [6, 6.07) is 0. The van der Waals surface area contributed by atoms with Crippen LogP contribution in [0.5, 0.6) is 0 Å². The third-order valence-corrected chi connectivity index (χ3v) is 2.64. The number of carboxylic acid groups (broad SMARTS) is 1. The number of hydrogen-bond donors (Lipinski definition) is 1. The average Bonchev–Trinajstić information content (AvgIpc) is 2.17. The Labute approximate surface area is 82.0 Å². The molecule has 1 aromatic heterocycles. The lowest BCUT2D eigenvalue weighted by Crippen LogP contribution is -2.18. The van der Waals surface area contributed by atoms with Crippen LogP contribution in [0.3, 0.4) is 0 Å². The lowest BCUT2D eigenvalue weighted by molar-refractivity contribution is -0.138. The van der Waals surface area contributed by atoms with Gasteiger partial charge in [0, 0.05) is 18.3 Å². The third kappa shape index (κ3) is 1.89. The largest absolute Gasteiger partial charge is 0.481 e. The van der Waals surface area contributed by atoms with Gasteiger partial charge < -0.3 is 5.11 Å². The van der Waals surface area contributed by atoms with Crippen molar-refractivity contribution in [3.8, 4) is 0 Å². The van der Waals surface area contributed by atoms with E-state index in [-0.39, 0.29) is 12.3 Å². The predicted molar refractivity (Wildman–Crippen MR) is 49.8 cm³/mol. The highest BCUT2D eigenvalue weighted by molar-refractivity contribution is 5.67. The van der Waals surface area contributed by atoms with E-state index >= 15 is 0 Å². The van der Waals surface area contributed by atoms with Gasteiger partial charge in [-0.1, -0.05) is 0 Å². The summed E-state index contributed by atoms with van der Waals surface area (Å²) in [6.07, 6.45) is 6.23. The van der Waals surface area contributed by atoms with E-state index in [2.05, 4.69) is 9.97 Å². The lowest BCUT2D eigenvalue weighted by atomic mass is 9.85. The van der Waals surface area contributed by atoms with Gasteiger partial charge in [0.2, 0.25) is 0 Å². The van der Waals surface area contributed by atoms with E-state index in [1.165, 1.54) is 0 Å². The molecule has 0 amide bonds. The summed E-state index contributed by atoms with van der Waals surface area (Å²) >= 11 is 0. The maximum absolute atomic E-state index is 10.5. The summed E-state index contributed by atoms with van der Waals surface area (Å²) in [5.74, 6) is -0.457. The Balaban J connectivity index is 2.09. The smallest absolute Gasteiger partial charge is 0.303 e. The number of carboxylic acids is 1. The van der Waals surface area contributed by atoms with Crippen molar-refractivity contribution in [3.05, 3.63) is 23.8 Å². The van der Waals surface area contributed by atoms with Gasteiger partial charge in [0.05, 0.1) is 0 Å². The van der Waals surface area contributed by atoms with Gasteiger partial charge in [-0.05, 0) is 30.7 Å². The highest BCUT2D eigenvalue weighted by Crippen LogP contribution is 2.25. The first kappa shape index (κ1) is 9.12. The third-order valence-electron chi connectivity index (χ3n) is 2.64. The van der Waals surface area contributed by atoms with Gasteiger partial charge in [0.15, 0.2) is 0 Å². The molecule has 0 bridgehead atoms. The molecule has 4 heteroatoms. The number of aryl methyl sites for hydroxylation is 1. The molecule has 1 atom stereocenters. The molecule has 0 saturated heterocycles. The average molecular weight is 192 g/mol. The molecule has 1 aliphatic rings. The van der Waals surface area contributed by atoms with Crippen LogP contribution in [0.15, 0.2) is 12.5 Å². The van der Waals surface area contributed by atoms with Crippen molar-refractivity contribution in [2.75, 3.05) is 0 Å². The van der Waals surface area contributed by atoms with Crippen LogP contribution < -0.4 is 0 Å². The van der Waals surface area contributed by atoms with Crippen molar-refractivity contribution in [3.63, 3.8) is 0 Å². The molecule has 74 valence electrons. The van der Waals surface area contributed by atoms with Gasteiger partial charge in [0.25, 0.3) is 0 Å². The van der Waals surface area contributed by atoms with Gasteiger partial charge in [0.1, 0.15) is 6.33 Å². The van der Waals surface area contributed by atoms with Crippen LogP contribution in [0.2, 0.25) is 0 Å². The molecule has 2 rings (SSSR count). The van der Waals surface area contributed by atoms with Crippen LogP contribution in [0.1, 0.15) is 24.1 Å². The minimum absolute atomic E-state index is 0.256. The van der Waals surface area contributed by atoms with Crippen molar-refractivity contribution in [2.45, 2.75) is 25.7 Å². The summed E-state index contributed by atoms with van der Waals surface area (Å²) in [4.78, 5) is 18.7. The minimum Gasteiger partial charge on any atom is -0.481 e. The van der Waals surface area contributed by atoms with E-state index in [0.717, 1.165) is 30.5 Å². The molecule has 0 aromatic carbocycles. The quantitative estimate of drug-likeness (QED) is 0.760. The molecule has 0 fully saturated rings. The van der Waals surface area contributed by atoms with Crippen LogP contribution in [-0.4, -0.2) is 21.0 Å². The van der Waals surface area contributed by atoms with Crippen molar-refractivity contribution in [2.24, 2.45) is 5.92 Å². The van der Waals surface area contributed by atoms with Crippen LogP contribution in [0.4, 0.5) is 0 Å². The zero-order valence-corrected chi connectivity index (χ0v) is 7.81. The molecule has 0 spiro atoms. The normalized spacial score (nSPS) is 20.1. The van der Waals surface area contributed by atoms with Crippen molar-refractivity contribution < 1.29 is 9.90 Å². The molecular formula is C10H12N2O2. The van der Waals surface area contributed by atoms with E-state index in [1.54, 1.807) is 12.5 Å². The fourth-order valence-electron chi connectivity index (χ4n) is 1.95. The number of carbonyl (C=O) groups is 1. The Morgan fingerprint density at radius 3 is 3.29 bits per heavy atom. The second-order valence-corrected chi connectivity index (χ2v) is 3.70. The summed E-state index contributed by atoms with van der Waals surface area (Å²) < 4.78 is 0. The molecule has 1 N–H and O–H groups in total. The summed E-state index contributed by atoms with van der Waals surface area (Å²) in [5.41, 5.74) is 2.20. The molecule has 1 unspecified atom stereocenters. The maximum Gasteiger partial charge on any atom is 0.303 e. The number of aromatic nitrogens is 2. The highest BCUT2D eigenvalue weighted by atomic mass is 16.4. The second-order valence-electron chi connectivity index (χ2n) is 3.70. The predicted octanol–water partition coefficient (Wildman–Crippen LogP) is 1.06. The van der Waals surface area contributed by atoms with Crippen LogP contribution in [0, 0.1) is 5.92 Å². The standard InChI is InChI=1S/C10H12N2O2/c13-10(14)4-7-1-2-9-8(3-7)5-11-6-12-9/h5-7H,1-4H2,(H,13,14). The van der Waals surface area contributed by atoms with E-state index in [9.17, 15) is 4.79 Å². The molecule has 14 heavy (non-hydrogen) atoms. The summed E-state index contributed by atoms with van der Waals surface area (Å²) in [7, 11) is 0. The van der Waals surface area contributed by atoms with Crippen LogP contribution in [0.25, 0.3) is 0 Å². The SMILES string of the molecule is O=C(O)CC1CCc2ncncc2C1. The number of hydrogen-bond acceptors (Lipinski definition) is 3. The van der Waals surface area contributed by atoms with E-state index in [4.69, 9.17) is 5.11 Å². The Hall–Kier alpha value is -1.45. The lowest BCUT2D eigenvalue weighted by Gasteiger charge is -2.21. The van der Waals surface area contributed by atoms with Crippen LogP contribution in [-0.2, 0) is 17.6 Å².